The minimum Gasteiger partial charge on any atom is -0.469 e. The third-order valence-corrected chi connectivity index (χ3v) is 11.1. The molecule has 5 atom stereocenters. The third kappa shape index (κ3) is 5.63. The van der Waals surface area contributed by atoms with Crippen molar-refractivity contribution in [3.05, 3.63) is 58.2 Å². The number of fused-ring (bicyclic) bond motifs is 4. The minimum absolute atomic E-state index is 0.0281. The number of likely N-dealkylation sites (tertiary alicyclic amines) is 1. The molecular formula is C34H38F5NO5. The van der Waals surface area contributed by atoms with Gasteiger partial charge in [-0.25, -0.2) is 0 Å². The van der Waals surface area contributed by atoms with Crippen LogP contribution in [0, 0.1) is 23.2 Å². The van der Waals surface area contributed by atoms with E-state index in [1.54, 1.807) is 30.0 Å². The van der Waals surface area contributed by atoms with Crippen molar-refractivity contribution in [1.82, 2.24) is 4.90 Å². The van der Waals surface area contributed by atoms with E-state index in [-0.39, 0.29) is 47.8 Å². The van der Waals surface area contributed by atoms with Crippen molar-refractivity contribution >= 4 is 17.7 Å². The standard InChI is InChI=1S/C34H38F5NO5/c1-32-18-26(19-3-5-20(6-4-19)30(42)40-15-13-21(14-16-40)31(43)44-2)29-24-10-8-23(41)17-22(24)7-9-25(29)27(32)11-12-28(32)45-34(38,39)33(35,36)37/h3-6,17,21,25-28H,7-16,18H2,1-2H3. The highest BCUT2D eigenvalue weighted by molar-refractivity contribution is 5.94. The lowest BCUT2D eigenvalue weighted by Crippen LogP contribution is -2.50. The molecule has 1 saturated heterocycles. The first-order valence-electron chi connectivity index (χ1n) is 15.8. The molecule has 0 N–H and O–H groups in total. The Kier molecular flexibility index (Phi) is 8.23. The molecule has 3 fully saturated rings. The van der Waals surface area contributed by atoms with Gasteiger partial charge in [0.1, 0.15) is 0 Å². The van der Waals surface area contributed by atoms with Gasteiger partial charge in [0.25, 0.3) is 5.91 Å². The number of ketones is 1. The molecule has 0 radical (unpaired) electrons. The van der Waals surface area contributed by atoms with Gasteiger partial charge in [0, 0.05) is 31.0 Å². The molecule has 0 aromatic heterocycles. The molecule has 45 heavy (non-hydrogen) atoms. The molecule has 11 heteroatoms. The third-order valence-electron chi connectivity index (χ3n) is 11.1. The topological polar surface area (TPSA) is 72.9 Å². The predicted molar refractivity (Wildman–Crippen MR) is 153 cm³/mol. The first-order chi connectivity index (χ1) is 21.2. The van der Waals surface area contributed by atoms with Gasteiger partial charge in [-0.15, -0.1) is 0 Å². The first kappa shape index (κ1) is 31.9. The summed E-state index contributed by atoms with van der Waals surface area (Å²) in [6.07, 6.45) is -6.33. The molecule has 6 nitrogen and oxygen atoms in total. The Bertz CT molecular complexity index is 1430. The number of allylic oxidation sites excluding steroid dienone is 4. The van der Waals surface area contributed by atoms with E-state index in [2.05, 4.69) is 4.74 Å². The Hall–Kier alpha value is -3.08. The maximum atomic E-state index is 14.2. The number of amides is 1. The number of carbonyl (C=O) groups excluding carboxylic acids is 3. The predicted octanol–water partition coefficient (Wildman–Crippen LogP) is 7.15. The fourth-order valence-corrected chi connectivity index (χ4v) is 8.88. The molecule has 1 aromatic rings. The van der Waals surface area contributed by atoms with Crippen LogP contribution in [0.1, 0.15) is 86.6 Å². The molecule has 5 aliphatic rings. The van der Waals surface area contributed by atoms with Gasteiger partial charge in [-0.2, -0.15) is 22.0 Å². The van der Waals surface area contributed by atoms with E-state index in [0.717, 1.165) is 22.3 Å². The van der Waals surface area contributed by atoms with Crippen LogP contribution >= 0.6 is 0 Å². The fourth-order valence-electron chi connectivity index (χ4n) is 8.88. The molecule has 4 aliphatic carbocycles. The van der Waals surface area contributed by atoms with Gasteiger partial charge in [0.15, 0.2) is 5.78 Å². The Morgan fingerprint density at radius 1 is 0.933 bits per heavy atom. The van der Waals surface area contributed by atoms with Crippen molar-refractivity contribution in [2.45, 2.75) is 89.0 Å². The van der Waals surface area contributed by atoms with E-state index in [0.29, 0.717) is 70.0 Å². The van der Waals surface area contributed by atoms with Crippen molar-refractivity contribution in [2.75, 3.05) is 20.2 Å². The molecule has 1 aromatic carbocycles. The summed E-state index contributed by atoms with van der Waals surface area (Å²) >= 11 is 0. The number of piperidine rings is 1. The molecule has 244 valence electrons. The number of carbonyl (C=O) groups is 3. The summed E-state index contributed by atoms with van der Waals surface area (Å²) in [6.45, 7) is 2.65. The number of rotatable bonds is 5. The lowest BCUT2D eigenvalue weighted by atomic mass is 9.53. The highest BCUT2D eigenvalue weighted by Gasteiger charge is 2.65. The SMILES string of the molecule is COC(=O)C1CCN(C(=O)c2ccc(C3CC4(C)C(OC(F)(F)C(F)(F)F)CCC4C4CCC5=CC(=O)CCC5=C34)cc2)CC1. The van der Waals surface area contributed by atoms with Crippen LogP contribution in [-0.4, -0.2) is 61.1 Å². The molecule has 1 amide bonds. The van der Waals surface area contributed by atoms with Gasteiger partial charge < -0.3 is 14.4 Å². The van der Waals surface area contributed by atoms with Crippen molar-refractivity contribution in [3.63, 3.8) is 0 Å². The van der Waals surface area contributed by atoms with E-state index in [1.807, 2.05) is 12.1 Å². The van der Waals surface area contributed by atoms with Crippen molar-refractivity contribution < 1.29 is 45.8 Å². The first-order valence-corrected chi connectivity index (χ1v) is 15.8. The van der Waals surface area contributed by atoms with Crippen LogP contribution in [0.3, 0.4) is 0 Å². The average Bonchev–Trinajstić information content (AvgIpc) is 3.34. The maximum absolute atomic E-state index is 14.2. The monoisotopic (exact) mass is 635 g/mol. The average molecular weight is 636 g/mol. The molecular weight excluding hydrogens is 597 g/mol. The minimum atomic E-state index is -5.81. The summed E-state index contributed by atoms with van der Waals surface area (Å²) < 4.78 is 77.5. The number of hydrogen-bond acceptors (Lipinski definition) is 5. The summed E-state index contributed by atoms with van der Waals surface area (Å²) in [5.74, 6) is -1.03. The number of ether oxygens (including phenoxy) is 2. The Morgan fingerprint density at radius 2 is 1.62 bits per heavy atom. The molecule has 6 rings (SSSR count). The molecule has 0 bridgehead atoms. The molecule has 1 aliphatic heterocycles. The quantitative estimate of drug-likeness (QED) is 0.254. The van der Waals surface area contributed by atoms with Crippen LogP contribution in [0.25, 0.3) is 0 Å². The van der Waals surface area contributed by atoms with Crippen molar-refractivity contribution in [3.8, 4) is 0 Å². The van der Waals surface area contributed by atoms with Gasteiger partial charge >= 0.3 is 18.3 Å². The van der Waals surface area contributed by atoms with Crippen LogP contribution in [0.4, 0.5) is 22.0 Å². The zero-order chi connectivity index (χ0) is 32.3. The normalized spacial score (nSPS) is 30.8. The summed E-state index contributed by atoms with van der Waals surface area (Å²) in [6, 6.07) is 7.19. The van der Waals surface area contributed by atoms with E-state index < -0.39 is 23.8 Å². The zero-order valence-electron chi connectivity index (χ0n) is 25.4. The maximum Gasteiger partial charge on any atom is 0.482 e. The van der Waals surface area contributed by atoms with E-state index in [1.165, 1.54) is 7.11 Å². The number of alkyl halides is 5. The second-order valence-corrected chi connectivity index (χ2v) is 13.5. The molecule has 2 saturated carbocycles. The number of methoxy groups -OCH3 is 1. The van der Waals surface area contributed by atoms with E-state index in [4.69, 9.17) is 4.74 Å². The number of benzene rings is 1. The Morgan fingerprint density at radius 3 is 2.27 bits per heavy atom. The van der Waals surface area contributed by atoms with Crippen LogP contribution in [0.15, 0.2) is 47.1 Å². The summed E-state index contributed by atoms with van der Waals surface area (Å²) in [4.78, 5) is 39.2. The van der Waals surface area contributed by atoms with E-state index in [9.17, 15) is 36.3 Å². The number of hydrogen-bond donors (Lipinski definition) is 0. The fraction of sp³-hybridized carbons (Fsp3) is 0.618. The van der Waals surface area contributed by atoms with Gasteiger partial charge in [-0.1, -0.05) is 24.6 Å². The van der Waals surface area contributed by atoms with Crippen LogP contribution in [0.5, 0.6) is 0 Å². The highest BCUT2D eigenvalue weighted by atomic mass is 19.4. The van der Waals surface area contributed by atoms with E-state index >= 15 is 0 Å². The van der Waals surface area contributed by atoms with Gasteiger partial charge in [-0.05, 0) is 104 Å². The lowest BCUT2D eigenvalue weighted by Gasteiger charge is -2.52. The van der Waals surface area contributed by atoms with Crippen LogP contribution in [-0.2, 0) is 19.1 Å². The molecule has 5 unspecified atom stereocenters. The summed E-state index contributed by atoms with van der Waals surface area (Å²) in [5, 5.41) is 0. The second-order valence-electron chi connectivity index (χ2n) is 13.5. The van der Waals surface area contributed by atoms with Gasteiger partial charge in [0.2, 0.25) is 0 Å². The lowest BCUT2D eigenvalue weighted by molar-refractivity contribution is -0.408. The zero-order valence-corrected chi connectivity index (χ0v) is 25.4. The largest absolute Gasteiger partial charge is 0.482 e. The van der Waals surface area contributed by atoms with Crippen LogP contribution < -0.4 is 0 Å². The Balaban J connectivity index is 1.31. The van der Waals surface area contributed by atoms with Crippen molar-refractivity contribution in [2.24, 2.45) is 23.2 Å². The number of halogens is 5. The molecule has 0 spiro atoms. The summed E-state index contributed by atoms with van der Waals surface area (Å²) in [7, 11) is 1.35. The second kappa shape index (κ2) is 11.6. The van der Waals surface area contributed by atoms with Gasteiger partial charge in [-0.3, -0.25) is 14.4 Å². The number of nitrogens with zero attached hydrogens (tertiary/aromatic N) is 1. The highest BCUT2D eigenvalue weighted by Crippen LogP contribution is 2.65. The molecule has 1 heterocycles. The van der Waals surface area contributed by atoms with Crippen molar-refractivity contribution in [1.29, 1.82) is 0 Å². The Labute approximate surface area is 259 Å². The van der Waals surface area contributed by atoms with Crippen LogP contribution in [0.2, 0.25) is 0 Å². The summed E-state index contributed by atoms with van der Waals surface area (Å²) in [5.41, 5.74) is 3.69. The number of esters is 1. The van der Waals surface area contributed by atoms with Gasteiger partial charge in [0.05, 0.1) is 19.1 Å². The smallest absolute Gasteiger partial charge is 0.469 e.